The molecule has 1 N–H and O–H groups in total. The third-order valence-corrected chi connectivity index (χ3v) is 3.00. The summed E-state index contributed by atoms with van der Waals surface area (Å²) in [6, 6.07) is 5.77. The third kappa shape index (κ3) is 2.82. The van der Waals surface area contributed by atoms with E-state index in [9.17, 15) is 14.9 Å². The van der Waals surface area contributed by atoms with Crippen LogP contribution in [-0.4, -0.2) is 20.6 Å². The molecule has 8 nitrogen and oxygen atoms in total. The summed E-state index contributed by atoms with van der Waals surface area (Å²) in [7, 11) is 1.59. The number of carbonyl (C=O) groups excluding carboxylic acids is 1. The monoisotopic (exact) mass is 305 g/mol. The maximum Gasteiger partial charge on any atom is 0.288 e. The van der Waals surface area contributed by atoms with Gasteiger partial charge >= 0.3 is 0 Å². The molecule has 0 radical (unpaired) electrons. The van der Waals surface area contributed by atoms with Crippen LogP contribution in [0.1, 0.15) is 15.9 Å². The predicted molar refractivity (Wildman–Crippen MR) is 74.0 cm³/mol. The Hall–Kier alpha value is -2.92. The molecule has 0 aliphatic carbocycles. The van der Waals surface area contributed by atoms with Crippen LogP contribution in [0, 0.1) is 21.4 Å². The number of nitriles is 1. The SMILES string of the molecule is Cn1cc(C#N)c(NC(=O)c2cccc([N+](=O)[O-])c2Cl)n1. The summed E-state index contributed by atoms with van der Waals surface area (Å²) in [5.74, 6) is -0.619. The molecule has 21 heavy (non-hydrogen) atoms. The quantitative estimate of drug-likeness (QED) is 0.689. The number of rotatable bonds is 3. The second kappa shape index (κ2) is 5.60. The number of benzene rings is 1. The lowest BCUT2D eigenvalue weighted by molar-refractivity contribution is -0.384. The normalized spacial score (nSPS) is 9.95. The summed E-state index contributed by atoms with van der Waals surface area (Å²) in [6.07, 6.45) is 1.44. The van der Waals surface area contributed by atoms with Gasteiger partial charge in [0.15, 0.2) is 5.82 Å². The van der Waals surface area contributed by atoms with Gasteiger partial charge in [-0.15, -0.1) is 0 Å². The highest BCUT2D eigenvalue weighted by Crippen LogP contribution is 2.28. The van der Waals surface area contributed by atoms with Crippen LogP contribution in [-0.2, 0) is 7.05 Å². The van der Waals surface area contributed by atoms with Gasteiger partial charge in [0.2, 0.25) is 0 Å². The highest BCUT2D eigenvalue weighted by atomic mass is 35.5. The van der Waals surface area contributed by atoms with Crippen LogP contribution in [0.4, 0.5) is 11.5 Å². The van der Waals surface area contributed by atoms with Crippen LogP contribution in [0.2, 0.25) is 5.02 Å². The van der Waals surface area contributed by atoms with Crippen molar-refractivity contribution in [1.29, 1.82) is 5.26 Å². The van der Waals surface area contributed by atoms with Crippen molar-refractivity contribution in [2.24, 2.45) is 7.05 Å². The second-order valence-corrected chi connectivity index (χ2v) is 4.40. The molecule has 106 valence electrons. The molecule has 1 aromatic heterocycles. The van der Waals surface area contributed by atoms with Gasteiger partial charge in [-0.05, 0) is 6.07 Å². The number of nitro benzene ring substituents is 1. The molecule has 0 saturated carbocycles. The van der Waals surface area contributed by atoms with Gasteiger partial charge in [-0.1, -0.05) is 17.7 Å². The number of nitrogens with one attached hydrogen (secondary N) is 1. The van der Waals surface area contributed by atoms with Gasteiger partial charge in [-0.25, -0.2) is 0 Å². The first-order valence-electron chi connectivity index (χ1n) is 5.62. The lowest BCUT2D eigenvalue weighted by Gasteiger charge is -2.05. The van der Waals surface area contributed by atoms with Crippen LogP contribution in [0.15, 0.2) is 24.4 Å². The molecule has 0 atom stereocenters. The molecule has 9 heteroatoms. The van der Waals surface area contributed by atoms with Crippen molar-refractivity contribution in [1.82, 2.24) is 9.78 Å². The Balaban J connectivity index is 2.35. The first-order valence-corrected chi connectivity index (χ1v) is 6.00. The lowest BCUT2D eigenvalue weighted by atomic mass is 10.2. The fourth-order valence-corrected chi connectivity index (χ4v) is 1.95. The first kappa shape index (κ1) is 14.5. The lowest BCUT2D eigenvalue weighted by Crippen LogP contribution is -2.14. The molecule has 0 spiro atoms. The van der Waals surface area contributed by atoms with Gasteiger partial charge in [0, 0.05) is 19.3 Å². The average molecular weight is 306 g/mol. The molecule has 2 aromatic rings. The fourth-order valence-electron chi connectivity index (χ4n) is 1.67. The largest absolute Gasteiger partial charge is 0.304 e. The Morgan fingerprint density at radius 3 is 2.90 bits per heavy atom. The van der Waals surface area contributed by atoms with Crippen molar-refractivity contribution in [3.8, 4) is 6.07 Å². The standard InChI is InChI=1S/C12H8ClN5O3/c1-17-6-7(5-14)11(16-17)15-12(19)8-3-2-4-9(10(8)13)18(20)21/h2-4,6H,1H3,(H,15,16,19). The Morgan fingerprint density at radius 2 is 2.29 bits per heavy atom. The van der Waals surface area contributed by atoms with Crippen LogP contribution < -0.4 is 5.32 Å². The zero-order chi connectivity index (χ0) is 15.6. The average Bonchev–Trinajstić information content (AvgIpc) is 2.78. The number of hydrogen-bond acceptors (Lipinski definition) is 5. The maximum atomic E-state index is 12.1. The summed E-state index contributed by atoms with van der Waals surface area (Å²) < 4.78 is 1.36. The third-order valence-electron chi connectivity index (χ3n) is 2.60. The summed E-state index contributed by atoms with van der Waals surface area (Å²) in [6.45, 7) is 0. The zero-order valence-electron chi connectivity index (χ0n) is 10.7. The summed E-state index contributed by atoms with van der Waals surface area (Å²) >= 11 is 5.85. The van der Waals surface area contributed by atoms with Crippen molar-refractivity contribution in [3.63, 3.8) is 0 Å². The van der Waals surface area contributed by atoms with E-state index in [1.165, 1.54) is 29.1 Å². The van der Waals surface area contributed by atoms with Gasteiger partial charge in [0.25, 0.3) is 11.6 Å². The molecule has 0 aliphatic rings. The molecule has 0 fully saturated rings. The molecular weight excluding hydrogens is 298 g/mol. The second-order valence-electron chi connectivity index (χ2n) is 4.03. The molecule has 0 aliphatic heterocycles. The van der Waals surface area contributed by atoms with E-state index in [0.29, 0.717) is 0 Å². The number of amides is 1. The molecule has 2 rings (SSSR count). The minimum Gasteiger partial charge on any atom is -0.304 e. The van der Waals surface area contributed by atoms with Crippen LogP contribution in [0.3, 0.4) is 0 Å². The van der Waals surface area contributed by atoms with Gasteiger partial charge in [-0.2, -0.15) is 10.4 Å². The molecule has 1 aromatic carbocycles. The van der Waals surface area contributed by atoms with Crippen molar-refractivity contribution in [2.45, 2.75) is 0 Å². The number of nitrogens with zero attached hydrogens (tertiary/aromatic N) is 4. The van der Waals surface area contributed by atoms with Gasteiger partial charge < -0.3 is 5.32 Å². The Morgan fingerprint density at radius 1 is 1.57 bits per heavy atom. The van der Waals surface area contributed by atoms with Crippen LogP contribution in [0.5, 0.6) is 0 Å². The molecule has 0 saturated heterocycles. The molecule has 1 heterocycles. The minimum atomic E-state index is -0.682. The van der Waals surface area contributed by atoms with Gasteiger partial charge in [-0.3, -0.25) is 19.6 Å². The highest BCUT2D eigenvalue weighted by Gasteiger charge is 2.21. The fraction of sp³-hybridized carbons (Fsp3) is 0.0833. The number of aromatic nitrogens is 2. The van der Waals surface area contributed by atoms with Gasteiger partial charge in [0.1, 0.15) is 16.7 Å². The van der Waals surface area contributed by atoms with E-state index < -0.39 is 10.8 Å². The van der Waals surface area contributed by atoms with E-state index in [2.05, 4.69) is 10.4 Å². The first-order chi connectivity index (χ1) is 9.93. The predicted octanol–water partition coefficient (Wildman–Crippen LogP) is 2.11. The zero-order valence-corrected chi connectivity index (χ0v) is 11.5. The summed E-state index contributed by atoms with van der Waals surface area (Å²) in [4.78, 5) is 22.2. The van der Waals surface area contributed by atoms with Crippen molar-refractivity contribution in [2.75, 3.05) is 5.32 Å². The van der Waals surface area contributed by atoms with Crippen LogP contribution in [0.25, 0.3) is 0 Å². The van der Waals surface area contributed by atoms with Crippen molar-refractivity contribution >= 4 is 29.0 Å². The number of carbonyl (C=O) groups is 1. The molecule has 1 amide bonds. The Bertz CT molecular complexity index is 778. The number of nitro groups is 1. The maximum absolute atomic E-state index is 12.1. The van der Waals surface area contributed by atoms with Crippen molar-refractivity contribution < 1.29 is 9.72 Å². The topological polar surface area (TPSA) is 114 Å². The van der Waals surface area contributed by atoms with Gasteiger partial charge in [0.05, 0.1) is 10.5 Å². The molecule has 0 bridgehead atoms. The number of anilines is 1. The summed E-state index contributed by atoms with van der Waals surface area (Å²) in [5, 5.41) is 25.8. The van der Waals surface area contributed by atoms with E-state index in [0.717, 1.165) is 0 Å². The van der Waals surface area contributed by atoms with E-state index >= 15 is 0 Å². The highest BCUT2D eigenvalue weighted by molar-refractivity contribution is 6.36. The number of hydrogen-bond donors (Lipinski definition) is 1. The van der Waals surface area contributed by atoms with Crippen molar-refractivity contribution in [3.05, 3.63) is 50.7 Å². The number of aryl methyl sites for hydroxylation is 1. The smallest absolute Gasteiger partial charge is 0.288 e. The van der Waals surface area contributed by atoms with Crippen LogP contribution >= 0.6 is 11.6 Å². The minimum absolute atomic E-state index is 0.0626. The number of halogens is 1. The van der Waals surface area contributed by atoms with E-state index in [1.54, 1.807) is 7.05 Å². The summed E-state index contributed by atoms with van der Waals surface area (Å²) in [5.41, 5.74) is -0.265. The van der Waals surface area contributed by atoms with E-state index in [4.69, 9.17) is 16.9 Å². The Kier molecular flexibility index (Phi) is 3.86. The molecule has 0 unspecified atom stereocenters. The molecular formula is C12H8ClN5O3. The van der Waals surface area contributed by atoms with E-state index in [-0.39, 0.29) is 27.7 Å². The van der Waals surface area contributed by atoms with E-state index in [1.807, 2.05) is 6.07 Å². The Labute approximate surface area is 123 Å².